The van der Waals surface area contributed by atoms with E-state index >= 15 is 0 Å². The van der Waals surface area contributed by atoms with Gasteiger partial charge in [0.1, 0.15) is 5.75 Å². The van der Waals surface area contributed by atoms with E-state index in [2.05, 4.69) is 0 Å². The van der Waals surface area contributed by atoms with Gasteiger partial charge in [-0.25, -0.2) is 0 Å². The number of ether oxygens (including phenoxy) is 2. The van der Waals surface area contributed by atoms with E-state index in [9.17, 15) is 5.11 Å². The van der Waals surface area contributed by atoms with Crippen LogP contribution in [0.3, 0.4) is 0 Å². The van der Waals surface area contributed by atoms with Crippen molar-refractivity contribution in [2.24, 2.45) is 5.73 Å². The molecule has 3 N–H and O–H groups in total. The topological polar surface area (TPSA) is 64.7 Å². The summed E-state index contributed by atoms with van der Waals surface area (Å²) in [6.07, 6.45) is 7.24. The summed E-state index contributed by atoms with van der Waals surface area (Å²) in [7, 11) is 0. The Labute approximate surface area is 125 Å². The number of aromatic hydroxyl groups is 1. The molecule has 0 atom stereocenters. The average molecular weight is 289 g/mol. The molecule has 1 aromatic carbocycles. The largest absolute Gasteiger partial charge is 0.504 e. The van der Waals surface area contributed by atoms with Gasteiger partial charge in [0.2, 0.25) is 0 Å². The van der Waals surface area contributed by atoms with Gasteiger partial charge in [-0.15, -0.1) is 0 Å². The lowest BCUT2D eigenvalue weighted by Crippen LogP contribution is -2.43. The lowest BCUT2D eigenvalue weighted by atomic mass is 9.62. The number of nitrogens with two attached hydrogens (primary N) is 1. The molecule has 0 radical (unpaired) electrons. The fourth-order valence-electron chi connectivity index (χ4n) is 4.14. The minimum Gasteiger partial charge on any atom is -0.504 e. The van der Waals surface area contributed by atoms with Crippen LogP contribution >= 0.6 is 0 Å². The summed E-state index contributed by atoms with van der Waals surface area (Å²) in [5, 5.41) is 10.6. The predicted molar refractivity (Wildman–Crippen MR) is 80.3 cm³/mol. The molecule has 1 aliphatic carbocycles. The van der Waals surface area contributed by atoms with Crippen LogP contribution in [0.25, 0.3) is 0 Å². The first-order valence-electron chi connectivity index (χ1n) is 8.14. The Morgan fingerprint density at radius 2 is 1.62 bits per heavy atom. The predicted octanol–water partition coefficient (Wildman–Crippen LogP) is 2.42. The zero-order valence-electron chi connectivity index (χ0n) is 12.4. The summed E-state index contributed by atoms with van der Waals surface area (Å²) >= 11 is 0. The van der Waals surface area contributed by atoms with Crippen LogP contribution in [0, 0.1) is 0 Å². The Balaban J connectivity index is 1.99. The quantitative estimate of drug-likeness (QED) is 0.877. The standard InChI is InChI=1S/C17H23NO3/c18-10-17(6-3-7-17)13-11-4-1-9-21-16(11)14(19)12-5-2-8-20-15(12)13/h19H,1-10,18H2. The minimum absolute atomic E-state index is 0.0416. The van der Waals surface area contributed by atoms with Crippen molar-refractivity contribution < 1.29 is 14.6 Å². The summed E-state index contributed by atoms with van der Waals surface area (Å²) in [5.41, 5.74) is 9.55. The van der Waals surface area contributed by atoms with Crippen molar-refractivity contribution in [3.8, 4) is 17.2 Å². The van der Waals surface area contributed by atoms with E-state index in [0.717, 1.165) is 62.0 Å². The molecule has 2 heterocycles. The third-order valence-corrected chi connectivity index (χ3v) is 5.44. The van der Waals surface area contributed by atoms with Gasteiger partial charge in [-0.05, 0) is 38.5 Å². The molecule has 4 rings (SSSR count). The molecule has 4 heteroatoms. The minimum atomic E-state index is 0.0416. The fraction of sp³-hybridized carbons (Fsp3) is 0.647. The number of phenols is 1. The van der Waals surface area contributed by atoms with E-state index in [1.807, 2.05) is 0 Å². The van der Waals surface area contributed by atoms with Crippen LogP contribution in [-0.2, 0) is 18.3 Å². The molecule has 0 bridgehead atoms. The molecule has 0 saturated heterocycles. The lowest BCUT2D eigenvalue weighted by Gasteiger charge is -2.45. The van der Waals surface area contributed by atoms with E-state index in [1.54, 1.807) is 0 Å². The zero-order valence-corrected chi connectivity index (χ0v) is 12.4. The smallest absolute Gasteiger partial charge is 0.164 e. The highest BCUT2D eigenvalue weighted by atomic mass is 16.5. The van der Waals surface area contributed by atoms with Crippen LogP contribution in [0.1, 0.15) is 48.8 Å². The normalized spacial score (nSPS) is 22.3. The maximum Gasteiger partial charge on any atom is 0.164 e. The van der Waals surface area contributed by atoms with Crippen LogP contribution in [0.15, 0.2) is 0 Å². The molecular formula is C17H23NO3. The third-order valence-electron chi connectivity index (χ3n) is 5.44. The molecule has 3 aliphatic rings. The number of hydrogen-bond acceptors (Lipinski definition) is 4. The van der Waals surface area contributed by atoms with Gasteiger partial charge in [0.05, 0.1) is 13.2 Å². The van der Waals surface area contributed by atoms with Gasteiger partial charge in [0.25, 0.3) is 0 Å². The maximum atomic E-state index is 10.6. The molecule has 0 aromatic heterocycles. The molecule has 1 saturated carbocycles. The number of benzene rings is 1. The number of phenolic OH excluding ortho intramolecular Hbond substituents is 1. The van der Waals surface area contributed by atoms with Crippen LogP contribution < -0.4 is 15.2 Å². The molecule has 2 aliphatic heterocycles. The molecule has 1 aromatic rings. The van der Waals surface area contributed by atoms with Crippen molar-refractivity contribution in [1.82, 2.24) is 0 Å². The Kier molecular flexibility index (Phi) is 3.03. The van der Waals surface area contributed by atoms with Crippen molar-refractivity contribution >= 4 is 0 Å². The summed E-state index contributed by atoms with van der Waals surface area (Å²) in [5.74, 6) is 1.95. The van der Waals surface area contributed by atoms with Crippen LogP contribution in [0.5, 0.6) is 17.2 Å². The fourth-order valence-corrected chi connectivity index (χ4v) is 4.14. The van der Waals surface area contributed by atoms with Gasteiger partial charge in [-0.1, -0.05) is 6.42 Å². The number of hydrogen-bond donors (Lipinski definition) is 2. The SMILES string of the molecule is NCC1(c2c3c(c(O)c4c2OCCC4)OCCC3)CCC1. The first-order chi connectivity index (χ1) is 10.3. The average Bonchev–Trinajstić information content (AvgIpc) is 2.50. The Morgan fingerprint density at radius 3 is 2.24 bits per heavy atom. The van der Waals surface area contributed by atoms with E-state index in [4.69, 9.17) is 15.2 Å². The second kappa shape index (κ2) is 4.80. The highest BCUT2D eigenvalue weighted by molar-refractivity contribution is 5.66. The number of rotatable bonds is 2. The molecule has 0 spiro atoms. The molecule has 21 heavy (non-hydrogen) atoms. The van der Waals surface area contributed by atoms with Crippen molar-refractivity contribution in [3.05, 3.63) is 16.7 Å². The van der Waals surface area contributed by atoms with E-state index in [1.165, 1.54) is 12.0 Å². The van der Waals surface area contributed by atoms with Gasteiger partial charge < -0.3 is 20.3 Å². The molecule has 0 amide bonds. The van der Waals surface area contributed by atoms with Gasteiger partial charge in [0.15, 0.2) is 11.5 Å². The van der Waals surface area contributed by atoms with Crippen molar-refractivity contribution in [3.63, 3.8) is 0 Å². The second-order valence-electron chi connectivity index (χ2n) is 6.58. The van der Waals surface area contributed by atoms with Gasteiger partial charge >= 0.3 is 0 Å². The molecule has 0 unspecified atom stereocenters. The first kappa shape index (κ1) is 13.3. The van der Waals surface area contributed by atoms with E-state index in [0.29, 0.717) is 24.7 Å². The summed E-state index contributed by atoms with van der Waals surface area (Å²) < 4.78 is 11.8. The van der Waals surface area contributed by atoms with Crippen molar-refractivity contribution in [2.45, 2.75) is 50.4 Å². The Morgan fingerprint density at radius 1 is 0.952 bits per heavy atom. The molecule has 4 nitrogen and oxygen atoms in total. The number of fused-ring (bicyclic) bond motifs is 2. The summed E-state index contributed by atoms with van der Waals surface area (Å²) in [4.78, 5) is 0. The van der Waals surface area contributed by atoms with Crippen LogP contribution in [0.2, 0.25) is 0 Å². The highest BCUT2D eigenvalue weighted by Crippen LogP contribution is 2.55. The van der Waals surface area contributed by atoms with Crippen LogP contribution in [0.4, 0.5) is 0 Å². The van der Waals surface area contributed by atoms with Crippen molar-refractivity contribution in [1.29, 1.82) is 0 Å². The Hall–Kier alpha value is -1.42. The maximum absolute atomic E-state index is 10.6. The molecule has 114 valence electrons. The molecule has 1 fully saturated rings. The van der Waals surface area contributed by atoms with Crippen LogP contribution in [-0.4, -0.2) is 24.9 Å². The van der Waals surface area contributed by atoms with E-state index in [-0.39, 0.29) is 5.41 Å². The van der Waals surface area contributed by atoms with Gasteiger partial charge in [0, 0.05) is 28.7 Å². The zero-order chi connectivity index (χ0) is 14.4. The first-order valence-corrected chi connectivity index (χ1v) is 8.14. The van der Waals surface area contributed by atoms with E-state index < -0.39 is 0 Å². The monoisotopic (exact) mass is 289 g/mol. The summed E-state index contributed by atoms with van der Waals surface area (Å²) in [6, 6.07) is 0. The second-order valence-corrected chi connectivity index (χ2v) is 6.58. The Bertz CT molecular complexity index is 535. The summed E-state index contributed by atoms with van der Waals surface area (Å²) in [6.45, 7) is 2.08. The molecular weight excluding hydrogens is 266 g/mol. The highest BCUT2D eigenvalue weighted by Gasteiger charge is 2.44. The van der Waals surface area contributed by atoms with Crippen molar-refractivity contribution in [2.75, 3.05) is 19.8 Å². The van der Waals surface area contributed by atoms with Gasteiger partial charge in [-0.3, -0.25) is 0 Å². The van der Waals surface area contributed by atoms with Gasteiger partial charge in [-0.2, -0.15) is 0 Å². The lowest BCUT2D eigenvalue weighted by molar-refractivity contribution is 0.212. The third kappa shape index (κ3) is 1.78.